The van der Waals surface area contributed by atoms with Crippen LogP contribution >= 0.6 is 0 Å². The molecule has 0 aromatic heterocycles. The van der Waals surface area contributed by atoms with Crippen LogP contribution in [0.2, 0.25) is 0 Å². The molecular formula is C16H32N4O2. The lowest BCUT2D eigenvalue weighted by molar-refractivity contribution is 0.0242. The molecule has 0 bridgehead atoms. The zero-order valence-corrected chi connectivity index (χ0v) is 14.4. The SMILES string of the molecule is CN=C(NCCN(CCOC)C1CC1)NCC1(C)CCCO1. The van der Waals surface area contributed by atoms with Crippen molar-refractivity contribution in [1.29, 1.82) is 0 Å². The molecular weight excluding hydrogens is 280 g/mol. The topological polar surface area (TPSA) is 58.1 Å². The molecule has 0 radical (unpaired) electrons. The average molecular weight is 312 g/mol. The van der Waals surface area contributed by atoms with E-state index in [0.717, 1.165) is 64.2 Å². The molecule has 1 saturated carbocycles. The summed E-state index contributed by atoms with van der Waals surface area (Å²) in [6.07, 6.45) is 4.92. The summed E-state index contributed by atoms with van der Waals surface area (Å²) in [6.45, 7) is 7.60. The van der Waals surface area contributed by atoms with Crippen LogP contribution in [0.15, 0.2) is 4.99 Å². The summed E-state index contributed by atoms with van der Waals surface area (Å²) < 4.78 is 11.0. The van der Waals surface area contributed by atoms with Crippen LogP contribution in [0.5, 0.6) is 0 Å². The second-order valence-corrected chi connectivity index (χ2v) is 6.51. The van der Waals surface area contributed by atoms with Crippen molar-refractivity contribution < 1.29 is 9.47 Å². The molecule has 0 aromatic carbocycles. The molecule has 2 fully saturated rings. The lowest BCUT2D eigenvalue weighted by Crippen LogP contribution is -2.47. The maximum atomic E-state index is 5.79. The van der Waals surface area contributed by atoms with E-state index in [1.807, 2.05) is 7.05 Å². The minimum Gasteiger partial charge on any atom is -0.383 e. The first-order chi connectivity index (χ1) is 10.7. The van der Waals surface area contributed by atoms with E-state index in [1.165, 1.54) is 12.8 Å². The first-order valence-corrected chi connectivity index (χ1v) is 8.48. The molecule has 128 valence electrons. The van der Waals surface area contributed by atoms with Gasteiger partial charge in [0.05, 0.1) is 12.2 Å². The number of aliphatic imine (C=N–C) groups is 1. The summed E-state index contributed by atoms with van der Waals surface area (Å²) in [4.78, 5) is 6.80. The number of nitrogens with zero attached hydrogens (tertiary/aromatic N) is 2. The summed E-state index contributed by atoms with van der Waals surface area (Å²) in [5.41, 5.74) is -0.0455. The molecule has 22 heavy (non-hydrogen) atoms. The number of hydrogen-bond donors (Lipinski definition) is 2. The normalized spacial score (nSPS) is 25.7. The third kappa shape index (κ3) is 5.74. The van der Waals surface area contributed by atoms with E-state index >= 15 is 0 Å². The van der Waals surface area contributed by atoms with Crippen LogP contribution in [-0.4, -0.2) is 76.1 Å². The van der Waals surface area contributed by atoms with E-state index in [9.17, 15) is 0 Å². The van der Waals surface area contributed by atoms with Crippen molar-refractivity contribution in [1.82, 2.24) is 15.5 Å². The largest absolute Gasteiger partial charge is 0.383 e. The van der Waals surface area contributed by atoms with Gasteiger partial charge in [0.2, 0.25) is 0 Å². The fraction of sp³-hybridized carbons (Fsp3) is 0.938. The highest BCUT2D eigenvalue weighted by Gasteiger charge is 2.30. The van der Waals surface area contributed by atoms with Gasteiger partial charge in [0, 0.05) is 53.0 Å². The van der Waals surface area contributed by atoms with Crippen LogP contribution in [0.4, 0.5) is 0 Å². The predicted molar refractivity (Wildman–Crippen MR) is 89.4 cm³/mol. The summed E-state index contributed by atoms with van der Waals surface area (Å²) in [6, 6.07) is 0.762. The number of hydrogen-bond acceptors (Lipinski definition) is 4. The van der Waals surface area contributed by atoms with Crippen molar-refractivity contribution in [3.05, 3.63) is 0 Å². The van der Waals surface area contributed by atoms with Gasteiger partial charge < -0.3 is 20.1 Å². The number of guanidine groups is 1. The molecule has 1 atom stereocenters. The molecule has 1 aliphatic heterocycles. The average Bonchev–Trinajstić information content (AvgIpc) is 3.28. The van der Waals surface area contributed by atoms with Crippen molar-refractivity contribution >= 4 is 5.96 Å². The standard InChI is InChI=1S/C16H32N4O2/c1-16(7-4-11-22-16)13-19-15(17-2)18-8-9-20(10-12-21-3)14-5-6-14/h14H,4-13H2,1-3H3,(H2,17,18,19). The molecule has 1 saturated heterocycles. The van der Waals surface area contributed by atoms with Gasteiger partial charge in [0.15, 0.2) is 5.96 Å². The van der Waals surface area contributed by atoms with Crippen LogP contribution in [0.3, 0.4) is 0 Å². The fourth-order valence-electron chi connectivity index (χ4n) is 2.91. The van der Waals surface area contributed by atoms with Crippen LogP contribution in [0.1, 0.15) is 32.6 Å². The Balaban J connectivity index is 1.64. The first kappa shape index (κ1) is 17.5. The van der Waals surface area contributed by atoms with Crippen molar-refractivity contribution in [2.75, 3.05) is 53.6 Å². The summed E-state index contributed by atoms with van der Waals surface area (Å²) in [5.74, 6) is 0.860. The van der Waals surface area contributed by atoms with Gasteiger partial charge in [0.25, 0.3) is 0 Å². The van der Waals surface area contributed by atoms with Gasteiger partial charge in [-0.15, -0.1) is 0 Å². The molecule has 6 heteroatoms. The van der Waals surface area contributed by atoms with Crippen LogP contribution < -0.4 is 10.6 Å². The van der Waals surface area contributed by atoms with Crippen molar-refractivity contribution in [3.8, 4) is 0 Å². The molecule has 1 aliphatic carbocycles. The third-order valence-electron chi connectivity index (χ3n) is 4.49. The van der Waals surface area contributed by atoms with Gasteiger partial charge in [0.1, 0.15) is 0 Å². The quantitative estimate of drug-likeness (QED) is 0.488. The molecule has 0 aromatic rings. The molecule has 6 nitrogen and oxygen atoms in total. The maximum absolute atomic E-state index is 5.79. The van der Waals surface area contributed by atoms with E-state index in [-0.39, 0.29) is 5.60 Å². The molecule has 0 spiro atoms. The fourth-order valence-corrected chi connectivity index (χ4v) is 2.91. The number of rotatable bonds is 9. The Morgan fingerprint density at radius 3 is 2.77 bits per heavy atom. The zero-order chi connectivity index (χ0) is 15.8. The monoisotopic (exact) mass is 312 g/mol. The molecule has 1 unspecified atom stereocenters. The maximum Gasteiger partial charge on any atom is 0.191 e. The summed E-state index contributed by atoms with van der Waals surface area (Å²) >= 11 is 0. The van der Waals surface area contributed by atoms with Crippen LogP contribution in [0.25, 0.3) is 0 Å². The lowest BCUT2D eigenvalue weighted by atomic mass is 10.0. The van der Waals surface area contributed by atoms with Gasteiger partial charge in [-0.3, -0.25) is 9.89 Å². The van der Waals surface area contributed by atoms with E-state index in [1.54, 1.807) is 7.11 Å². The molecule has 2 N–H and O–H groups in total. The Labute approximate surface area is 134 Å². The highest BCUT2D eigenvalue weighted by Crippen LogP contribution is 2.26. The van der Waals surface area contributed by atoms with E-state index in [2.05, 4.69) is 27.4 Å². The van der Waals surface area contributed by atoms with Gasteiger partial charge in [-0.25, -0.2) is 0 Å². The van der Waals surface area contributed by atoms with Crippen LogP contribution in [0, 0.1) is 0 Å². The molecule has 2 aliphatic rings. The smallest absolute Gasteiger partial charge is 0.191 e. The van der Waals surface area contributed by atoms with E-state index < -0.39 is 0 Å². The number of ether oxygens (including phenoxy) is 2. The second kappa shape index (κ2) is 8.70. The Kier molecular flexibility index (Phi) is 6.92. The third-order valence-corrected chi connectivity index (χ3v) is 4.49. The van der Waals surface area contributed by atoms with Gasteiger partial charge in [-0.2, -0.15) is 0 Å². The Morgan fingerprint density at radius 1 is 1.36 bits per heavy atom. The molecule has 0 amide bonds. The molecule has 2 rings (SSSR count). The van der Waals surface area contributed by atoms with Crippen molar-refractivity contribution in [3.63, 3.8) is 0 Å². The van der Waals surface area contributed by atoms with Gasteiger partial charge in [-0.1, -0.05) is 0 Å². The number of nitrogens with one attached hydrogen (secondary N) is 2. The van der Waals surface area contributed by atoms with Crippen molar-refractivity contribution in [2.24, 2.45) is 4.99 Å². The second-order valence-electron chi connectivity index (χ2n) is 6.51. The number of methoxy groups -OCH3 is 1. The Hall–Kier alpha value is -0.850. The Bertz CT molecular complexity index is 352. The molecule has 1 heterocycles. The zero-order valence-electron chi connectivity index (χ0n) is 14.4. The van der Waals surface area contributed by atoms with Crippen molar-refractivity contribution in [2.45, 2.75) is 44.2 Å². The highest BCUT2D eigenvalue weighted by atomic mass is 16.5. The highest BCUT2D eigenvalue weighted by molar-refractivity contribution is 5.79. The van der Waals surface area contributed by atoms with E-state index in [0.29, 0.717) is 0 Å². The van der Waals surface area contributed by atoms with Gasteiger partial charge in [-0.05, 0) is 32.6 Å². The van der Waals surface area contributed by atoms with Gasteiger partial charge >= 0.3 is 0 Å². The predicted octanol–water partition coefficient (Wildman–Crippen LogP) is 0.831. The first-order valence-electron chi connectivity index (χ1n) is 8.48. The summed E-state index contributed by atoms with van der Waals surface area (Å²) in [5, 5.41) is 6.79. The van der Waals surface area contributed by atoms with E-state index in [4.69, 9.17) is 9.47 Å². The summed E-state index contributed by atoms with van der Waals surface area (Å²) in [7, 11) is 3.58. The lowest BCUT2D eigenvalue weighted by Gasteiger charge is -2.25. The minimum absolute atomic E-state index is 0.0455. The minimum atomic E-state index is -0.0455. The Morgan fingerprint density at radius 2 is 2.18 bits per heavy atom. The van der Waals surface area contributed by atoms with Crippen LogP contribution in [-0.2, 0) is 9.47 Å².